The van der Waals surface area contributed by atoms with Crippen LogP contribution in [0.2, 0.25) is 5.02 Å². The molecule has 4 aromatic rings. The van der Waals surface area contributed by atoms with Gasteiger partial charge in [0.15, 0.2) is 0 Å². The molecule has 4 nitrogen and oxygen atoms in total. The van der Waals surface area contributed by atoms with Crippen LogP contribution in [0.25, 0.3) is 22.2 Å². The van der Waals surface area contributed by atoms with E-state index in [0.29, 0.717) is 13.1 Å². The highest BCUT2D eigenvalue weighted by Gasteiger charge is 2.10. The van der Waals surface area contributed by atoms with Gasteiger partial charge in [0.2, 0.25) is 0 Å². The number of ether oxygens (including phenoxy) is 1. The van der Waals surface area contributed by atoms with E-state index in [4.69, 9.17) is 21.3 Å². The first kappa shape index (κ1) is 19.3. The number of hydrogen-bond acceptors (Lipinski definition) is 4. The maximum absolute atomic E-state index is 13.4. The zero-order valence-electron chi connectivity index (χ0n) is 15.8. The second-order valence-corrected chi connectivity index (χ2v) is 7.05. The van der Waals surface area contributed by atoms with Crippen LogP contribution >= 0.6 is 11.6 Å². The molecule has 0 radical (unpaired) electrons. The zero-order chi connectivity index (χ0) is 20.2. The van der Waals surface area contributed by atoms with E-state index in [9.17, 15) is 4.39 Å². The Kier molecular flexibility index (Phi) is 5.69. The fraction of sp³-hybridized carbons (Fsp3) is 0.130. The number of pyridine rings is 2. The highest BCUT2D eigenvalue weighted by molar-refractivity contribution is 6.30. The Bertz CT molecular complexity index is 1150. The van der Waals surface area contributed by atoms with Crippen LogP contribution in [-0.4, -0.2) is 17.1 Å². The van der Waals surface area contributed by atoms with Gasteiger partial charge in [0.25, 0.3) is 0 Å². The molecular weight excluding hydrogens is 389 g/mol. The van der Waals surface area contributed by atoms with Crippen molar-refractivity contribution in [3.8, 4) is 17.0 Å². The van der Waals surface area contributed by atoms with Crippen molar-refractivity contribution in [2.45, 2.75) is 13.1 Å². The second kappa shape index (κ2) is 8.55. The maximum Gasteiger partial charge on any atom is 0.141 e. The van der Waals surface area contributed by atoms with Crippen LogP contribution in [0.1, 0.15) is 11.1 Å². The molecule has 0 atom stereocenters. The van der Waals surface area contributed by atoms with Crippen LogP contribution in [0.15, 0.2) is 67.0 Å². The molecular formula is C23H19ClFN3O. The predicted molar refractivity (Wildman–Crippen MR) is 113 cm³/mol. The summed E-state index contributed by atoms with van der Waals surface area (Å²) in [7, 11) is 1.64. The third kappa shape index (κ3) is 4.36. The first-order valence-corrected chi connectivity index (χ1v) is 9.54. The summed E-state index contributed by atoms with van der Waals surface area (Å²) in [6, 6.07) is 16.6. The number of benzene rings is 2. The molecule has 0 amide bonds. The van der Waals surface area contributed by atoms with Gasteiger partial charge in [-0.25, -0.2) is 9.37 Å². The number of aromatic nitrogens is 2. The Hall–Kier alpha value is -3.02. The summed E-state index contributed by atoms with van der Waals surface area (Å²) >= 11 is 5.88. The lowest BCUT2D eigenvalue weighted by Crippen LogP contribution is -2.14. The number of hydrogen-bond donors (Lipinski definition) is 1. The van der Waals surface area contributed by atoms with Gasteiger partial charge in [0.05, 0.1) is 23.3 Å². The first-order chi connectivity index (χ1) is 14.1. The standard InChI is InChI=1S/C23H19ClFN3O/c1-29-19-4-3-17-11-18(14-27-13-15-2-5-21(25)20(24)10-15)23(28-22(17)12-19)16-6-8-26-9-7-16/h2-12,27H,13-14H2,1H3. The maximum atomic E-state index is 13.4. The van der Waals surface area contributed by atoms with Crippen molar-refractivity contribution in [2.75, 3.05) is 7.11 Å². The molecule has 2 aromatic carbocycles. The van der Waals surface area contributed by atoms with Crippen molar-refractivity contribution in [1.29, 1.82) is 0 Å². The SMILES string of the molecule is COc1ccc2cc(CNCc3ccc(F)c(Cl)c3)c(-c3ccncc3)nc2c1. The Morgan fingerprint density at radius 2 is 1.83 bits per heavy atom. The number of rotatable bonds is 6. The summed E-state index contributed by atoms with van der Waals surface area (Å²) < 4.78 is 18.7. The first-order valence-electron chi connectivity index (χ1n) is 9.17. The number of fused-ring (bicyclic) bond motifs is 1. The fourth-order valence-corrected chi connectivity index (χ4v) is 3.41. The van der Waals surface area contributed by atoms with Crippen molar-refractivity contribution in [3.63, 3.8) is 0 Å². The largest absolute Gasteiger partial charge is 0.497 e. The summed E-state index contributed by atoms with van der Waals surface area (Å²) in [6.07, 6.45) is 3.51. The lowest BCUT2D eigenvalue weighted by molar-refractivity contribution is 0.415. The van der Waals surface area contributed by atoms with E-state index in [2.05, 4.69) is 16.4 Å². The molecule has 4 rings (SSSR count). The van der Waals surface area contributed by atoms with Gasteiger partial charge in [-0.3, -0.25) is 4.98 Å². The van der Waals surface area contributed by atoms with Crippen LogP contribution in [-0.2, 0) is 13.1 Å². The quantitative estimate of drug-likeness (QED) is 0.465. The third-order valence-electron chi connectivity index (χ3n) is 4.69. The van der Waals surface area contributed by atoms with E-state index in [1.807, 2.05) is 30.3 Å². The Labute approximate surface area is 173 Å². The van der Waals surface area contributed by atoms with Crippen LogP contribution in [0, 0.1) is 5.82 Å². The highest BCUT2D eigenvalue weighted by atomic mass is 35.5. The van der Waals surface area contributed by atoms with E-state index in [0.717, 1.165) is 39.0 Å². The molecule has 0 spiro atoms. The fourth-order valence-electron chi connectivity index (χ4n) is 3.20. The third-order valence-corrected chi connectivity index (χ3v) is 4.98. The molecule has 0 bridgehead atoms. The topological polar surface area (TPSA) is 47.0 Å². The van der Waals surface area contributed by atoms with E-state index in [1.165, 1.54) is 6.07 Å². The molecule has 0 aliphatic heterocycles. The van der Waals surface area contributed by atoms with E-state index < -0.39 is 5.82 Å². The molecule has 0 saturated carbocycles. The van der Waals surface area contributed by atoms with Gasteiger partial charge in [0, 0.05) is 42.5 Å². The van der Waals surface area contributed by atoms with Crippen LogP contribution in [0.3, 0.4) is 0 Å². The summed E-state index contributed by atoms with van der Waals surface area (Å²) in [5.74, 6) is 0.356. The lowest BCUT2D eigenvalue weighted by atomic mass is 10.0. The molecule has 1 N–H and O–H groups in total. The van der Waals surface area contributed by atoms with Gasteiger partial charge in [-0.2, -0.15) is 0 Å². The van der Waals surface area contributed by atoms with Gasteiger partial charge in [-0.15, -0.1) is 0 Å². The van der Waals surface area contributed by atoms with Crippen LogP contribution in [0.5, 0.6) is 5.75 Å². The minimum atomic E-state index is -0.412. The Balaban J connectivity index is 1.65. The molecule has 0 aliphatic carbocycles. The molecule has 0 aliphatic rings. The van der Waals surface area contributed by atoms with Crippen molar-refractivity contribution < 1.29 is 9.13 Å². The molecule has 0 saturated heterocycles. The molecule has 6 heteroatoms. The van der Waals surface area contributed by atoms with Gasteiger partial charge >= 0.3 is 0 Å². The van der Waals surface area contributed by atoms with Gasteiger partial charge in [0.1, 0.15) is 11.6 Å². The molecule has 146 valence electrons. The van der Waals surface area contributed by atoms with Gasteiger partial charge < -0.3 is 10.1 Å². The molecule has 29 heavy (non-hydrogen) atoms. The minimum Gasteiger partial charge on any atom is -0.497 e. The summed E-state index contributed by atoms with van der Waals surface area (Å²) in [6.45, 7) is 1.16. The van der Waals surface area contributed by atoms with Crippen LogP contribution < -0.4 is 10.1 Å². The smallest absolute Gasteiger partial charge is 0.141 e. The average molecular weight is 408 g/mol. The number of nitrogens with one attached hydrogen (secondary N) is 1. The Morgan fingerprint density at radius 1 is 1.00 bits per heavy atom. The van der Waals surface area contributed by atoms with Gasteiger partial charge in [-0.05, 0) is 53.6 Å². The average Bonchev–Trinajstić information content (AvgIpc) is 2.76. The van der Waals surface area contributed by atoms with E-state index in [-0.39, 0.29) is 5.02 Å². The number of halogens is 2. The minimum absolute atomic E-state index is 0.128. The highest BCUT2D eigenvalue weighted by Crippen LogP contribution is 2.27. The van der Waals surface area contributed by atoms with E-state index in [1.54, 1.807) is 31.6 Å². The summed E-state index contributed by atoms with van der Waals surface area (Å²) in [5, 5.41) is 4.56. The normalized spacial score (nSPS) is 11.0. The predicted octanol–water partition coefficient (Wildman–Crippen LogP) is 5.39. The summed E-state index contributed by atoms with van der Waals surface area (Å²) in [5.41, 5.74) is 4.72. The van der Waals surface area contributed by atoms with Crippen molar-refractivity contribution in [3.05, 3.63) is 89.0 Å². The van der Waals surface area contributed by atoms with Crippen molar-refractivity contribution >= 4 is 22.5 Å². The second-order valence-electron chi connectivity index (χ2n) is 6.64. The molecule has 0 unspecified atom stereocenters. The lowest BCUT2D eigenvalue weighted by Gasteiger charge is -2.13. The molecule has 0 fully saturated rings. The molecule has 2 heterocycles. The number of methoxy groups -OCH3 is 1. The van der Waals surface area contributed by atoms with Crippen LogP contribution in [0.4, 0.5) is 4.39 Å². The van der Waals surface area contributed by atoms with Gasteiger partial charge in [-0.1, -0.05) is 17.7 Å². The van der Waals surface area contributed by atoms with E-state index >= 15 is 0 Å². The molecule has 2 aromatic heterocycles. The monoisotopic (exact) mass is 407 g/mol. The Morgan fingerprint density at radius 3 is 2.59 bits per heavy atom. The zero-order valence-corrected chi connectivity index (χ0v) is 16.6. The number of nitrogens with zero attached hydrogens (tertiary/aromatic N) is 2. The van der Waals surface area contributed by atoms with Crippen molar-refractivity contribution in [1.82, 2.24) is 15.3 Å². The summed E-state index contributed by atoms with van der Waals surface area (Å²) in [4.78, 5) is 8.99. The van der Waals surface area contributed by atoms with Crippen molar-refractivity contribution in [2.24, 2.45) is 0 Å².